The van der Waals surface area contributed by atoms with Crippen LogP contribution in [0.1, 0.15) is 30.0 Å². The predicted octanol–water partition coefficient (Wildman–Crippen LogP) is 2.05. The Kier molecular flexibility index (Phi) is 5.93. The molecule has 2 N–H and O–H groups in total. The molecule has 1 aliphatic heterocycles. The molecule has 0 aromatic heterocycles. The fraction of sp³-hybridized carbons (Fsp3) is 0.435. The normalized spacial score (nSPS) is 20.3. The molecule has 1 heterocycles. The molecule has 4 rings (SSSR count). The number of hydrogen-bond donors (Lipinski definition) is 2. The van der Waals surface area contributed by atoms with Gasteiger partial charge in [-0.25, -0.2) is 0 Å². The Labute approximate surface area is 167 Å². The molecule has 148 valence electrons. The van der Waals surface area contributed by atoms with Crippen LogP contribution < -0.4 is 15.1 Å². The zero-order valence-corrected chi connectivity index (χ0v) is 16.6. The van der Waals surface area contributed by atoms with Gasteiger partial charge in [0.25, 0.3) is 5.91 Å². The second-order valence-corrected chi connectivity index (χ2v) is 7.86. The Morgan fingerprint density at radius 1 is 1.14 bits per heavy atom. The van der Waals surface area contributed by atoms with E-state index < -0.39 is 0 Å². The van der Waals surface area contributed by atoms with E-state index in [1.807, 2.05) is 12.1 Å². The van der Waals surface area contributed by atoms with Gasteiger partial charge in [0.2, 0.25) is 0 Å². The molecule has 1 saturated heterocycles. The van der Waals surface area contributed by atoms with Crippen molar-refractivity contribution in [2.45, 2.75) is 25.3 Å². The Morgan fingerprint density at radius 3 is 2.68 bits per heavy atom. The molecule has 5 heteroatoms. The number of ether oxygens (including phenoxy) is 1. The quantitative estimate of drug-likeness (QED) is 0.835. The number of benzene rings is 2. The largest absolute Gasteiger partial charge is 0.378 e. The number of amides is 1. The Hall–Kier alpha value is -2.37. The second kappa shape index (κ2) is 8.76. The molecule has 1 unspecified atom stereocenters. The summed E-state index contributed by atoms with van der Waals surface area (Å²) in [7, 11) is 2.13. The minimum Gasteiger partial charge on any atom is -0.378 e. The topological polar surface area (TPSA) is 46.0 Å². The molecule has 5 nitrogen and oxygen atoms in total. The van der Waals surface area contributed by atoms with Crippen LogP contribution in [0.3, 0.4) is 0 Å². The molecule has 0 saturated carbocycles. The van der Waals surface area contributed by atoms with Crippen molar-refractivity contribution in [1.29, 1.82) is 0 Å². The third-order valence-corrected chi connectivity index (χ3v) is 5.93. The lowest BCUT2D eigenvalue weighted by molar-refractivity contribution is -0.905. The molecular weight excluding hydrogens is 350 g/mol. The van der Waals surface area contributed by atoms with Gasteiger partial charge in [-0.05, 0) is 42.7 Å². The average Bonchev–Trinajstić information content (AvgIpc) is 2.74. The first-order valence-corrected chi connectivity index (χ1v) is 10.3. The van der Waals surface area contributed by atoms with Crippen molar-refractivity contribution in [3.8, 4) is 0 Å². The van der Waals surface area contributed by atoms with Crippen LogP contribution in [0.5, 0.6) is 0 Å². The number of rotatable bonds is 5. The number of anilines is 2. The monoisotopic (exact) mass is 380 g/mol. The standard InChI is InChI=1S/C23H29N3O2/c1-25(22-8-4-6-18-5-2-3-7-21(18)22)17-23(27)24-19-9-11-20(12-10-19)26-13-15-28-16-14-26/h2-3,5,7,9-12,22H,4,6,8,13-17H2,1H3,(H,24,27)/p+1/t22-/m0/s1. The summed E-state index contributed by atoms with van der Waals surface area (Å²) in [6.45, 7) is 3.87. The first-order chi connectivity index (χ1) is 13.7. The number of fused-ring (bicyclic) bond motifs is 1. The number of carbonyl (C=O) groups is 1. The van der Waals surface area contributed by atoms with Gasteiger partial charge in [-0.3, -0.25) is 4.79 Å². The SMILES string of the molecule is C[NH+](CC(=O)Nc1ccc(N2CCOCC2)cc1)[C@H]1CCCc2ccccc21. The number of aryl methyl sites for hydroxylation is 1. The third kappa shape index (κ3) is 4.37. The number of nitrogens with one attached hydrogen (secondary N) is 2. The Bertz CT molecular complexity index is 800. The number of hydrogen-bond acceptors (Lipinski definition) is 3. The molecule has 0 bridgehead atoms. The lowest BCUT2D eigenvalue weighted by atomic mass is 9.87. The van der Waals surface area contributed by atoms with E-state index in [1.165, 1.54) is 28.1 Å². The second-order valence-electron chi connectivity index (χ2n) is 7.86. The number of likely N-dealkylation sites (N-methyl/N-ethyl adjacent to an activating group) is 1. The Morgan fingerprint density at radius 2 is 1.89 bits per heavy atom. The maximum absolute atomic E-state index is 12.6. The number of nitrogens with zero attached hydrogens (tertiary/aromatic N) is 1. The summed E-state index contributed by atoms with van der Waals surface area (Å²) in [5.41, 5.74) is 4.90. The summed E-state index contributed by atoms with van der Waals surface area (Å²) in [5, 5.41) is 3.06. The molecule has 1 fully saturated rings. The first kappa shape index (κ1) is 19.0. The third-order valence-electron chi connectivity index (χ3n) is 5.93. The molecule has 28 heavy (non-hydrogen) atoms. The highest BCUT2D eigenvalue weighted by Crippen LogP contribution is 2.27. The summed E-state index contributed by atoms with van der Waals surface area (Å²) in [6.07, 6.45) is 3.50. The van der Waals surface area contributed by atoms with Crippen LogP contribution in [0.2, 0.25) is 0 Å². The molecule has 2 aromatic carbocycles. The fourth-order valence-corrected chi connectivity index (χ4v) is 4.42. The van der Waals surface area contributed by atoms with E-state index in [0.717, 1.165) is 44.8 Å². The lowest BCUT2D eigenvalue weighted by Crippen LogP contribution is -3.10. The highest BCUT2D eigenvalue weighted by molar-refractivity contribution is 5.91. The van der Waals surface area contributed by atoms with Crippen molar-refractivity contribution in [3.63, 3.8) is 0 Å². The molecule has 1 amide bonds. The van der Waals surface area contributed by atoms with Gasteiger partial charge in [0, 0.05) is 36.4 Å². The molecule has 0 radical (unpaired) electrons. The average molecular weight is 381 g/mol. The number of quaternary nitrogens is 1. The minimum atomic E-state index is 0.0691. The first-order valence-electron chi connectivity index (χ1n) is 10.3. The van der Waals surface area contributed by atoms with Gasteiger partial charge in [0.1, 0.15) is 6.04 Å². The summed E-state index contributed by atoms with van der Waals surface area (Å²) >= 11 is 0. The zero-order chi connectivity index (χ0) is 19.3. The predicted molar refractivity (Wildman–Crippen MR) is 112 cm³/mol. The van der Waals surface area contributed by atoms with Crippen molar-refractivity contribution in [1.82, 2.24) is 0 Å². The van der Waals surface area contributed by atoms with Crippen molar-refractivity contribution >= 4 is 17.3 Å². The van der Waals surface area contributed by atoms with E-state index in [2.05, 4.69) is 53.7 Å². The molecule has 2 atom stereocenters. The van der Waals surface area contributed by atoms with E-state index in [0.29, 0.717) is 12.6 Å². The van der Waals surface area contributed by atoms with Crippen LogP contribution in [0.25, 0.3) is 0 Å². The zero-order valence-electron chi connectivity index (χ0n) is 16.6. The van der Waals surface area contributed by atoms with E-state index in [9.17, 15) is 4.79 Å². The van der Waals surface area contributed by atoms with Crippen LogP contribution >= 0.6 is 0 Å². The summed E-state index contributed by atoms with van der Waals surface area (Å²) in [5.74, 6) is 0.0691. The smallest absolute Gasteiger partial charge is 0.279 e. The van der Waals surface area contributed by atoms with Gasteiger partial charge >= 0.3 is 0 Å². The lowest BCUT2D eigenvalue weighted by Gasteiger charge is -2.30. The molecular formula is C23H30N3O2+. The van der Waals surface area contributed by atoms with Crippen molar-refractivity contribution < 1.29 is 14.4 Å². The Balaban J connectivity index is 1.34. The molecule has 2 aromatic rings. The summed E-state index contributed by atoms with van der Waals surface area (Å²) < 4.78 is 5.41. The van der Waals surface area contributed by atoms with Gasteiger partial charge < -0.3 is 19.9 Å². The fourth-order valence-electron chi connectivity index (χ4n) is 4.42. The van der Waals surface area contributed by atoms with Crippen LogP contribution in [-0.4, -0.2) is 45.8 Å². The van der Waals surface area contributed by atoms with Gasteiger partial charge in [-0.15, -0.1) is 0 Å². The van der Waals surface area contributed by atoms with E-state index in [1.54, 1.807) is 0 Å². The summed E-state index contributed by atoms with van der Waals surface area (Å²) in [4.78, 5) is 16.2. The van der Waals surface area contributed by atoms with Gasteiger partial charge in [0.15, 0.2) is 6.54 Å². The highest BCUT2D eigenvalue weighted by atomic mass is 16.5. The van der Waals surface area contributed by atoms with Gasteiger partial charge in [0.05, 0.1) is 20.3 Å². The maximum Gasteiger partial charge on any atom is 0.279 e. The van der Waals surface area contributed by atoms with Crippen LogP contribution in [0, 0.1) is 0 Å². The molecule has 0 spiro atoms. The van der Waals surface area contributed by atoms with E-state index in [4.69, 9.17) is 4.74 Å². The maximum atomic E-state index is 12.6. The van der Waals surface area contributed by atoms with Crippen LogP contribution in [0.15, 0.2) is 48.5 Å². The van der Waals surface area contributed by atoms with Crippen LogP contribution in [0.4, 0.5) is 11.4 Å². The van der Waals surface area contributed by atoms with Crippen molar-refractivity contribution in [2.75, 3.05) is 50.1 Å². The minimum absolute atomic E-state index is 0.0691. The number of morpholine rings is 1. The van der Waals surface area contributed by atoms with Crippen molar-refractivity contribution in [3.05, 3.63) is 59.7 Å². The molecule has 1 aliphatic carbocycles. The van der Waals surface area contributed by atoms with Gasteiger partial charge in [-0.1, -0.05) is 24.3 Å². The number of carbonyl (C=O) groups excluding carboxylic acids is 1. The van der Waals surface area contributed by atoms with E-state index in [-0.39, 0.29) is 5.91 Å². The van der Waals surface area contributed by atoms with E-state index >= 15 is 0 Å². The summed E-state index contributed by atoms with van der Waals surface area (Å²) in [6, 6.07) is 17.2. The van der Waals surface area contributed by atoms with Gasteiger partial charge in [-0.2, -0.15) is 0 Å². The molecule has 2 aliphatic rings. The van der Waals surface area contributed by atoms with Crippen LogP contribution in [-0.2, 0) is 16.0 Å². The van der Waals surface area contributed by atoms with Crippen molar-refractivity contribution in [2.24, 2.45) is 0 Å². The highest BCUT2D eigenvalue weighted by Gasteiger charge is 2.27.